The molecule has 2 N–H and O–H groups in total. The molecule has 0 aliphatic carbocycles. The van der Waals surface area contributed by atoms with Crippen molar-refractivity contribution in [3.8, 4) is 0 Å². The number of fused-ring (bicyclic) bond motifs is 1. The van der Waals surface area contributed by atoms with Crippen molar-refractivity contribution in [3.63, 3.8) is 0 Å². The average molecular weight is 190 g/mol. The molecule has 4 heteroatoms. The van der Waals surface area contributed by atoms with Gasteiger partial charge in [0.05, 0.1) is 11.2 Å². The van der Waals surface area contributed by atoms with Crippen molar-refractivity contribution in [2.24, 2.45) is 0 Å². The van der Waals surface area contributed by atoms with E-state index in [1.165, 1.54) is 0 Å². The Morgan fingerprint density at radius 1 is 1.43 bits per heavy atom. The zero-order chi connectivity index (χ0) is 10.3. The number of carbonyl (C=O) groups is 1. The van der Waals surface area contributed by atoms with Gasteiger partial charge in [-0.3, -0.25) is 4.98 Å². The minimum Gasteiger partial charge on any atom is -0.477 e. The normalized spacial score (nSPS) is 10.7. The van der Waals surface area contributed by atoms with Crippen molar-refractivity contribution in [3.05, 3.63) is 29.2 Å². The molecule has 0 amide bonds. The predicted molar refractivity (Wildman–Crippen MR) is 52.5 cm³/mol. The van der Waals surface area contributed by atoms with Gasteiger partial charge in [-0.25, -0.2) is 4.79 Å². The highest BCUT2D eigenvalue weighted by Crippen LogP contribution is 2.18. The number of nitrogens with zero attached hydrogens (tertiary/aromatic N) is 1. The van der Waals surface area contributed by atoms with Crippen LogP contribution in [0.1, 0.15) is 21.9 Å². The summed E-state index contributed by atoms with van der Waals surface area (Å²) in [4.78, 5) is 17.8. The third kappa shape index (κ3) is 1.25. The number of aromatic carboxylic acids is 1. The molecule has 4 nitrogen and oxygen atoms in total. The van der Waals surface area contributed by atoms with Crippen LogP contribution in [0, 0.1) is 13.8 Å². The predicted octanol–water partition coefficient (Wildman–Crippen LogP) is 1.88. The third-order valence-electron chi connectivity index (χ3n) is 2.15. The number of aryl methyl sites for hydroxylation is 2. The van der Waals surface area contributed by atoms with Gasteiger partial charge >= 0.3 is 5.97 Å². The molecule has 0 bridgehead atoms. The number of nitrogens with one attached hydrogen (secondary N) is 1. The Kier molecular flexibility index (Phi) is 1.77. The molecule has 0 aliphatic rings. The summed E-state index contributed by atoms with van der Waals surface area (Å²) in [6, 6.07) is 3.49. The molecule has 0 atom stereocenters. The van der Waals surface area contributed by atoms with E-state index in [9.17, 15) is 4.79 Å². The maximum Gasteiger partial charge on any atom is 0.352 e. The SMILES string of the molecule is Cc1cc2cc(C(=O)O)[nH]c2c(C)n1. The third-order valence-corrected chi connectivity index (χ3v) is 2.15. The number of carboxylic acid groups (broad SMARTS) is 1. The summed E-state index contributed by atoms with van der Waals surface area (Å²) >= 11 is 0. The fraction of sp³-hybridized carbons (Fsp3) is 0.200. The van der Waals surface area contributed by atoms with Crippen molar-refractivity contribution < 1.29 is 9.90 Å². The van der Waals surface area contributed by atoms with E-state index in [0.29, 0.717) is 0 Å². The first-order valence-corrected chi connectivity index (χ1v) is 4.28. The van der Waals surface area contributed by atoms with E-state index in [-0.39, 0.29) is 5.69 Å². The Bertz CT molecular complexity index is 514. The number of carboxylic acids is 1. The van der Waals surface area contributed by atoms with Gasteiger partial charge in [0.1, 0.15) is 5.69 Å². The van der Waals surface area contributed by atoms with E-state index >= 15 is 0 Å². The first-order chi connectivity index (χ1) is 6.58. The number of rotatable bonds is 1. The highest BCUT2D eigenvalue weighted by Gasteiger charge is 2.09. The Hall–Kier alpha value is -1.84. The molecule has 0 aromatic carbocycles. The number of hydrogen-bond acceptors (Lipinski definition) is 2. The minimum atomic E-state index is -0.946. The molecule has 0 radical (unpaired) electrons. The second-order valence-electron chi connectivity index (χ2n) is 3.30. The van der Waals surface area contributed by atoms with Crippen LogP contribution in [0.3, 0.4) is 0 Å². The molecule has 2 aromatic heterocycles. The molecule has 2 heterocycles. The molecule has 14 heavy (non-hydrogen) atoms. The fourth-order valence-corrected chi connectivity index (χ4v) is 1.58. The molecule has 72 valence electrons. The Morgan fingerprint density at radius 3 is 2.79 bits per heavy atom. The zero-order valence-corrected chi connectivity index (χ0v) is 7.96. The van der Waals surface area contributed by atoms with Gasteiger partial charge in [-0.15, -0.1) is 0 Å². The largest absolute Gasteiger partial charge is 0.477 e. The molecule has 0 aliphatic heterocycles. The van der Waals surface area contributed by atoms with Gasteiger partial charge in [-0.2, -0.15) is 0 Å². The lowest BCUT2D eigenvalue weighted by molar-refractivity contribution is 0.0691. The number of aromatic amines is 1. The van der Waals surface area contributed by atoms with E-state index < -0.39 is 5.97 Å². The standard InChI is InChI=1S/C10H10N2O2/c1-5-3-7-4-8(10(13)14)12-9(7)6(2)11-5/h3-4,12H,1-2H3,(H,13,14). The Labute approximate surface area is 80.6 Å². The lowest BCUT2D eigenvalue weighted by Gasteiger charge is -1.96. The number of aromatic nitrogens is 2. The summed E-state index contributed by atoms with van der Waals surface area (Å²) in [5, 5.41) is 9.69. The van der Waals surface area contributed by atoms with Crippen molar-refractivity contribution >= 4 is 16.9 Å². The van der Waals surface area contributed by atoms with Crippen molar-refractivity contribution in [2.45, 2.75) is 13.8 Å². The maximum atomic E-state index is 10.7. The highest BCUT2D eigenvalue weighted by molar-refractivity contribution is 5.94. The fourth-order valence-electron chi connectivity index (χ4n) is 1.58. The minimum absolute atomic E-state index is 0.204. The van der Waals surface area contributed by atoms with Crippen molar-refractivity contribution in [1.82, 2.24) is 9.97 Å². The van der Waals surface area contributed by atoms with Gasteiger partial charge in [0, 0.05) is 11.1 Å². The number of hydrogen-bond donors (Lipinski definition) is 2. The van der Waals surface area contributed by atoms with Crippen LogP contribution in [0.25, 0.3) is 10.9 Å². The molecule has 0 saturated carbocycles. The first-order valence-electron chi connectivity index (χ1n) is 4.28. The topological polar surface area (TPSA) is 66.0 Å². The average Bonchev–Trinajstić information content (AvgIpc) is 2.47. The Balaban J connectivity index is 2.76. The van der Waals surface area contributed by atoms with Gasteiger partial charge in [0.15, 0.2) is 0 Å². The van der Waals surface area contributed by atoms with Gasteiger partial charge in [-0.05, 0) is 26.0 Å². The van der Waals surface area contributed by atoms with Crippen molar-refractivity contribution in [2.75, 3.05) is 0 Å². The second-order valence-corrected chi connectivity index (χ2v) is 3.30. The summed E-state index contributed by atoms with van der Waals surface area (Å²) in [5.74, 6) is -0.946. The summed E-state index contributed by atoms with van der Waals surface area (Å²) < 4.78 is 0. The monoisotopic (exact) mass is 190 g/mol. The van der Waals surface area contributed by atoms with Crippen LogP contribution in [0.5, 0.6) is 0 Å². The molecule has 0 spiro atoms. The molecule has 2 aromatic rings. The zero-order valence-electron chi connectivity index (χ0n) is 7.96. The molecule has 0 fully saturated rings. The van der Waals surface area contributed by atoms with Crippen LogP contribution in [0.15, 0.2) is 12.1 Å². The van der Waals surface area contributed by atoms with E-state index in [1.807, 2.05) is 19.9 Å². The maximum absolute atomic E-state index is 10.7. The van der Waals surface area contributed by atoms with Gasteiger partial charge < -0.3 is 10.1 Å². The summed E-state index contributed by atoms with van der Waals surface area (Å²) in [7, 11) is 0. The number of pyridine rings is 1. The summed E-state index contributed by atoms with van der Waals surface area (Å²) in [5.41, 5.74) is 2.72. The molecule has 0 saturated heterocycles. The summed E-state index contributed by atoms with van der Waals surface area (Å²) in [6.45, 7) is 3.75. The van der Waals surface area contributed by atoms with Crippen LogP contribution in [0.4, 0.5) is 0 Å². The van der Waals surface area contributed by atoms with Gasteiger partial charge in [-0.1, -0.05) is 0 Å². The van der Waals surface area contributed by atoms with E-state index in [4.69, 9.17) is 5.11 Å². The van der Waals surface area contributed by atoms with E-state index in [2.05, 4.69) is 9.97 Å². The lowest BCUT2D eigenvalue weighted by atomic mass is 10.2. The number of H-pyrrole nitrogens is 1. The Morgan fingerprint density at radius 2 is 2.14 bits per heavy atom. The van der Waals surface area contributed by atoms with Gasteiger partial charge in [0.25, 0.3) is 0 Å². The summed E-state index contributed by atoms with van der Waals surface area (Å²) in [6.07, 6.45) is 0. The molecular formula is C10H10N2O2. The quantitative estimate of drug-likeness (QED) is 0.721. The highest BCUT2D eigenvalue weighted by atomic mass is 16.4. The smallest absolute Gasteiger partial charge is 0.352 e. The van der Waals surface area contributed by atoms with Crippen LogP contribution in [-0.4, -0.2) is 21.0 Å². The molecular weight excluding hydrogens is 180 g/mol. The van der Waals surface area contributed by atoms with Crippen LogP contribution < -0.4 is 0 Å². The van der Waals surface area contributed by atoms with Crippen LogP contribution in [0.2, 0.25) is 0 Å². The van der Waals surface area contributed by atoms with Crippen LogP contribution >= 0.6 is 0 Å². The lowest BCUT2D eigenvalue weighted by Crippen LogP contribution is -1.95. The van der Waals surface area contributed by atoms with Gasteiger partial charge in [0.2, 0.25) is 0 Å². The van der Waals surface area contributed by atoms with E-state index in [0.717, 1.165) is 22.3 Å². The van der Waals surface area contributed by atoms with Crippen molar-refractivity contribution in [1.29, 1.82) is 0 Å². The molecule has 0 unspecified atom stereocenters. The first kappa shape index (κ1) is 8.74. The van der Waals surface area contributed by atoms with Crippen LogP contribution in [-0.2, 0) is 0 Å². The molecule has 2 rings (SSSR count). The van der Waals surface area contributed by atoms with E-state index in [1.54, 1.807) is 6.07 Å². The second kappa shape index (κ2) is 2.83.